The van der Waals surface area contributed by atoms with Gasteiger partial charge in [0.2, 0.25) is 0 Å². The molecule has 0 aromatic heterocycles. The highest BCUT2D eigenvalue weighted by atomic mass is 35.5. The van der Waals surface area contributed by atoms with Gasteiger partial charge in [-0.3, -0.25) is 0 Å². The zero-order valence-corrected chi connectivity index (χ0v) is 13.0. The average Bonchev–Trinajstić information content (AvgIpc) is 2.57. The number of hydrogen-bond acceptors (Lipinski definition) is 2. The van der Waals surface area contributed by atoms with Gasteiger partial charge in [0.15, 0.2) is 11.5 Å². The van der Waals surface area contributed by atoms with Crippen LogP contribution in [0.5, 0.6) is 11.5 Å². The molecule has 0 aliphatic heterocycles. The zero-order valence-electron chi connectivity index (χ0n) is 11.5. The monoisotopic (exact) mass is 302 g/mol. The fourth-order valence-electron chi connectivity index (χ4n) is 2.58. The number of benzene rings is 1. The molecular formula is C15H20Cl2O2. The predicted octanol–water partition coefficient (Wildman–Crippen LogP) is 5.14. The first kappa shape index (κ1) is 14.8. The zero-order chi connectivity index (χ0) is 13.8. The van der Waals surface area contributed by atoms with E-state index in [0.717, 1.165) is 47.6 Å². The third-order valence-corrected chi connectivity index (χ3v) is 4.15. The Labute approximate surface area is 125 Å². The topological polar surface area (TPSA) is 18.5 Å². The number of fused-ring (bicyclic) bond motifs is 1. The van der Waals surface area contributed by atoms with Crippen molar-refractivity contribution in [1.29, 1.82) is 0 Å². The summed E-state index contributed by atoms with van der Waals surface area (Å²) in [4.78, 5) is 0. The molecule has 19 heavy (non-hydrogen) atoms. The molecule has 0 fully saturated rings. The van der Waals surface area contributed by atoms with Crippen LogP contribution in [-0.4, -0.2) is 13.2 Å². The fourth-order valence-corrected chi connectivity index (χ4v) is 3.26. The summed E-state index contributed by atoms with van der Waals surface area (Å²) in [6.07, 6.45) is 4.16. The lowest BCUT2D eigenvalue weighted by Gasteiger charge is -2.21. The Morgan fingerprint density at radius 1 is 1.21 bits per heavy atom. The summed E-state index contributed by atoms with van der Waals surface area (Å²) in [5, 5.41) is 0.700. The van der Waals surface area contributed by atoms with E-state index >= 15 is 0 Å². The maximum absolute atomic E-state index is 6.54. The van der Waals surface area contributed by atoms with Gasteiger partial charge in [-0.1, -0.05) is 18.0 Å². The molecule has 0 heterocycles. The van der Waals surface area contributed by atoms with E-state index in [-0.39, 0.29) is 5.38 Å². The highest BCUT2D eigenvalue weighted by Crippen LogP contribution is 2.47. The molecule has 106 valence electrons. The number of rotatable bonds is 4. The number of halogens is 2. The molecular weight excluding hydrogens is 283 g/mol. The Hall–Kier alpha value is -0.600. The number of hydrogen-bond donors (Lipinski definition) is 0. The fraction of sp³-hybridized carbons (Fsp3) is 0.600. The van der Waals surface area contributed by atoms with E-state index in [0.29, 0.717) is 19.0 Å². The van der Waals surface area contributed by atoms with Crippen molar-refractivity contribution in [3.05, 3.63) is 22.2 Å². The number of ether oxygens (including phenoxy) is 2. The molecule has 1 aliphatic rings. The van der Waals surface area contributed by atoms with Crippen LogP contribution >= 0.6 is 23.2 Å². The van der Waals surface area contributed by atoms with E-state index in [9.17, 15) is 0 Å². The second-order valence-electron chi connectivity index (χ2n) is 4.66. The van der Waals surface area contributed by atoms with Gasteiger partial charge < -0.3 is 9.47 Å². The van der Waals surface area contributed by atoms with Crippen LogP contribution in [-0.2, 0) is 6.42 Å². The summed E-state index contributed by atoms with van der Waals surface area (Å²) < 4.78 is 11.5. The van der Waals surface area contributed by atoms with Gasteiger partial charge in [0.1, 0.15) is 0 Å². The lowest BCUT2D eigenvalue weighted by Crippen LogP contribution is -2.06. The average molecular weight is 303 g/mol. The van der Waals surface area contributed by atoms with Gasteiger partial charge in [-0.2, -0.15) is 0 Å². The molecule has 4 heteroatoms. The molecule has 1 unspecified atom stereocenters. The minimum atomic E-state index is -0.0445. The molecule has 0 bridgehead atoms. The van der Waals surface area contributed by atoms with E-state index in [2.05, 4.69) is 0 Å². The first-order chi connectivity index (χ1) is 9.19. The quantitative estimate of drug-likeness (QED) is 0.566. The van der Waals surface area contributed by atoms with Crippen molar-refractivity contribution in [3.63, 3.8) is 0 Å². The Morgan fingerprint density at radius 2 is 1.95 bits per heavy atom. The normalized spacial score (nSPS) is 18.6. The summed E-state index contributed by atoms with van der Waals surface area (Å²) in [5.41, 5.74) is 2.17. The van der Waals surface area contributed by atoms with Crippen LogP contribution in [0.25, 0.3) is 0 Å². The standard InChI is InChI=1S/C15H20Cl2O2/c1-3-18-13-9-12(17)10-7-5-6-8-11(16)14(10)15(13)19-4-2/h9,11H,3-8H2,1-2H3. The maximum Gasteiger partial charge on any atom is 0.166 e. The Morgan fingerprint density at radius 3 is 2.63 bits per heavy atom. The Bertz CT molecular complexity index is 446. The van der Waals surface area contributed by atoms with Crippen LogP contribution in [0.4, 0.5) is 0 Å². The molecule has 1 aromatic carbocycles. The second-order valence-corrected chi connectivity index (χ2v) is 5.59. The summed E-state index contributed by atoms with van der Waals surface area (Å²) >= 11 is 12.9. The van der Waals surface area contributed by atoms with Crippen molar-refractivity contribution in [1.82, 2.24) is 0 Å². The van der Waals surface area contributed by atoms with Crippen LogP contribution in [0.15, 0.2) is 6.07 Å². The van der Waals surface area contributed by atoms with Gasteiger partial charge in [0.25, 0.3) is 0 Å². The van der Waals surface area contributed by atoms with Crippen LogP contribution in [0.1, 0.15) is 49.6 Å². The van der Waals surface area contributed by atoms with Crippen molar-refractivity contribution in [2.75, 3.05) is 13.2 Å². The van der Waals surface area contributed by atoms with Gasteiger partial charge in [-0.25, -0.2) is 0 Å². The predicted molar refractivity (Wildman–Crippen MR) is 79.9 cm³/mol. The molecule has 0 spiro atoms. The van der Waals surface area contributed by atoms with Crippen LogP contribution < -0.4 is 9.47 Å². The van der Waals surface area contributed by atoms with Crippen LogP contribution in [0, 0.1) is 0 Å². The molecule has 2 rings (SSSR count). The van der Waals surface area contributed by atoms with Gasteiger partial charge in [-0.15, -0.1) is 11.6 Å². The van der Waals surface area contributed by atoms with E-state index in [1.807, 2.05) is 19.9 Å². The van der Waals surface area contributed by atoms with Gasteiger partial charge >= 0.3 is 0 Å². The van der Waals surface area contributed by atoms with Gasteiger partial charge in [-0.05, 0) is 38.7 Å². The van der Waals surface area contributed by atoms with E-state index in [4.69, 9.17) is 32.7 Å². The largest absolute Gasteiger partial charge is 0.490 e. The van der Waals surface area contributed by atoms with Gasteiger partial charge in [0.05, 0.1) is 18.6 Å². The summed E-state index contributed by atoms with van der Waals surface area (Å²) in [7, 11) is 0. The molecule has 0 amide bonds. The molecule has 0 saturated heterocycles. The summed E-state index contributed by atoms with van der Waals surface area (Å²) in [6, 6.07) is 1.86. The maximum atomic E-state index is 6.54. The molecule has 0 saturated carbocycles. The minimum absolute atomic E-state index is 0.0445. The van der Waals surface area contributed by atoms with Crippen LogP contribution in [0.2, 0.25) is 5.02 Å². The first-order valence-corrected chi connectivity index (χ1v) is 7.75. The molecule has 1 aromatic rings. The van der Waals surface area contributed by atoms with Crippen molar-refractivity contribution in [2.45, 2.75) is 44.9 Å². The van der Waals surface area contributed by atoms with E-state index in [1.165, 1.54) is 0 Å². The lowest BCUT2D eigenvalue weighted by atomic mass is 10.0. The lowest BCUT2D eigenvalue weighted by molar-refractivity contribution is 0.285. The summed E-state index contributed by atoms with van der Waals surface area (Å²) in [5.74, 6) is 1.49. The minimum Gasteiger partial charge on any atom is -0.490 e. The van der Waals surface area contributed by atoms with E-state index in [1.54, 1.807) is 0 Å². The first-order valence-electron chi connectivity index (χ1n) is 6.93. The summed E-state index contributed by atoms with van der Waals surface area (Å²) in [6.45, 7) is 5.10. The van der Waals surface area contributed by atoms with Crippen molar-refractivity contribution < 1.29 is 9.47 Å². The SMILES string of the molecule is CCOc1cc(Cl)c2c(c1OCC)C(Cl)CCCC2. The smallest absolute Gasteiger partial charge is 0.166 e. The molecule has 1 atom stereocenters. The molecule has 1 aliphatic carbocycles. The highest BCUT2D eigenvalue weighted by Gasteiger charge is 2.26. The van der Waals surface area contributed by atoms with Crippen molar-refractivity contribution >= 4 is 23.2 Å². The van der Waals surface area contributed by atoms with Gasteiger partial charge in [0, 0.05) is 16.7 Å². The third-order valence-electron chi connectivity index (χ3n) is 3.38. The molecule has 2 nitrogen and oxygen atoms in total. The number of alkyl halides is 1. The molecule has 0 radical (unpaired) electrons. The van der Waals surface area contributed by atoms with E-state index < -0.39 is 0 Å². The third kappa shape index (κ3) is 3.11. The second kappa shape index (κ2) is 6.71. The highest BCUT2D eigenvalue weighted by molar-refractivity contribution is 6.32. The van der Waals surface area contributed by atoms with Crippen molar-refractivity contribution in [3.8, 4) is 11.5 Å². The Balaban J connectivity index is 2.58. The van der Waals surface area contributed by atoms with Crippen molar-refractivity contribution in [2.24, 2.45) is 0 Å². The molecule has 0 N–H and O–H groups in total. The van der Waals surface area contributed by atoms with Crippen LogP contribution in [0.3, 0.4) is 0 Å². The Kier molecular flexibility index (Phi) is 5.23.